The van der Waals surface area contributed by atoms with Crippen molar-refractivity contribution in [3.63, 3.8) is 0 Å². The van der Waals surface area contributed by atoms with E-state index in [1.54, 1.807) is 0 Å². The van der Waals surface area contributed by atoms with E-state index in [9.17, 15) is 33.6 Å². The number of phosphoric ester groups is 1. The molecule has 0 saturated heterocycles. The maximum atomic E-state index is 11.8. The molecule has 19 nitrogen and oxygen atoms in total. The number of fused-ring (bicyclic) bond motifs is 1. The van der Waals surface area contributed by atoms with E-state index in [2.05, 4.69) is 28.1 Å². The molecule has 0 amide bonds. The van der Waals surface area contributed by atoms with Crippen LogP contribution in [0.1, 0.15) is 6.23 Å². The normalized spacial score (nSPS) is 18.2. The summed E-state index contributed by atoms with van der Waals surface area (Å²) in [5, 5.41) is 19.0. The number of rotatable bonds is 12. The fourth-order valence-corrected chi connectivity index (χ4v) is 5.24. The smallest absolute Gasteiger partial charge is 0.394 e. The molecule has 0 radical (unpaired) electrons. The van der Waals surface area contributed by atoms with Gasteiger partial charge in [-0.2, -0.15) is 13.6 Å². The van der Waals surface area contributed by atoms with Gasteiger partial charge in [0.05, 0.1) is 26.1 Å². The predicted octanol–water partition coefficient (Wildman–Crippen LogP) is -2.09. The summed E-state index contributed by atoms with van der Waals surface area (Å²) in [5.41, 5.74) is 4.51. The number of aliphatic hydroxyl groups is 2. The number of nitrogens with one attached hydrogen (secondary N) is 1. The molecule has 2 aromatic rings. The number of hydrogen-bond donors (Lipinski definition) is 8. The van der Waals surface area contributed by atoms with Gasteiger partial charge in [-0.1, -0.05) is 0 Å². The number of imidazole rings is 1. The number of anilines is 1. The highest BCUT2D eigenvalue weighted by Crippen LogP contribution is 2.66. The number of nitrogens with zero attached hydrogens (tertiary/aromatic N) is 3. The number of aliphatic hydroxyl groups excluding tert-OH is 2. The monoisotopic (exact) mass is 525 g/mol. The Bertz CT molecular complexity index is 1140. The molecule has 0 aromatic carbocycles. The highest BCUT2D eigenvalue weighted by atomic mass is 31.3. The Morgan fingerprint density at radius 3 is 2.31 bits per heavy atom. The lowest BCUT2D eigenvalue weighted by atomic mass is 10.4. The Hall–Kier alpha value is -1.56. The summed E-state index contributed by atoms with van der Waals surface area (Å²) in [6.07, 6.45) is -1.78. The molecule has 0 bridgehead atoms. The first-order chi connectivity index (χ1) is 14.7. The molecule has 22 heteroatoms. The van der Waals surface area contributed by atoms with Crippen LogP contribution in [0, 0.1) is 0 Å². The van der Waals surface area contributed by atoms with Crippen molar-refractivity contribution in [1.82, 2.24) is 19.5 Å². The molecule has 2 aromatic heterocycles. The van der Waals surface area contributed by atoms with Gasteiger partial charge in [0, 0.05) is 0 Å². The molecule has 9 N–H and O–H groups in total. The maximum Gasteiger partial charge on any atom is 0.490 e. The van der Waals surface area contributed by atoms with E-state index in [-0.39, 0.29) is 17.1 Å². The van der Waals surface area contributed by atoms with Gasteiger partial charge in [-0.25, -0.2) is 18.7 Å². The highest BCUT2D eigenvalue weighted by molar-refractivity contribution is 7.66. The number of nitrogens with two attached hydrogens (primary N) is 1. The number of nitrogen functional groups attached to an aromatic ring is 1. The summed E-state index contributed by atoms with van der Waals surface area (Å²) >= 11 is 0. The minimum absolute atomic E-state index is 0.102. The van der Waals surface area contributed by atoms with Crippen LogP contribution in [-0.4, -0.2) is 75.2 Å². The van der Waals surface area contributed by atoms with Crippen molar-refractivity contribution in [3.8, 4) is 0 Å². The van der Waals surface area contributed by atoms with Crippen LogP contribution in [0.4, 0.5) is 5.95 Å². The van der Waals surface area contributed by atoms with Crippen LogP contribution in [0.2, 0.25) is 0 Å². The second-order valence-electron chi connectivity index (χ2n) is 5.74. The number of aromatic amines is 1. The standard InChI is InChI=1S/C10H18N5O14P3/c11-10-13-8-7(9(18)14-10)12-4-15(8)6(2-17)27-5(1-16)3-26-31(22,23)29-32(24,25)28-30(19,20)21/h4-6,16-17H,1-3H2,(H,22,23)(H,24,25)(H2,19,20,21)(H3,11,13,14,18)/t5-,6+/m0/s1. The molecular formula is C10H18N5O14P3. The quantitative estimate of drug-likeness (QED) is 0.138. The minimum Gasteiger partial charge on any atom is -0.394 e. The molecule has 0 spiro atoms. The fraction of sp³-hybridized carbons (Fsp3) is 0.500. The van der Waals surface area contributed by atoms with Crippen molar-refractivity contribution in [2.45, 2.75) is 12.3 Å². The average Bonchev–Trinajstić information content (AvgIpc) is 3.03. The van der Waals surface area contributed by atoms with Gasteiger partial charge in [-0.15, -0.1) is 0 Å². The molecule has 0 aliphatic rings. The van der Waals surface area contributed by atoms with Crippen molar-refractivity contribution in [2.24, 2.45) is 0 Å². The van der Waals surface area contributed by atoms with Gasteiger partial charge >= 0.3 is 23.5 Å². The third-order valence-corrected chi connectivity index (χ3v) is 7.11. The third kappa shape index (κ3) is 7.50. The average molecular weight is 525 g/mol. The number of ether oxygens (including phenoxy) is 1. The maximum absolute atomic E-state index is 11.8. The van der Waals surface area contributed by atoms with Crippen molar-refractivity contribution < 1.29 is 61.4 Å². The first-order valence-corrected chi connectivity index (χ1v) is 12.6. The van der Waals surface area contributed by atoms with E-state index in [1.165, 1.54) is 0 Å². The predicted molar refractivity (Wildman–Crippen MR) is 100 cm³/mol. The zero-order chi connectivity index (χ0) is 24.3. The van der Waals surface area contributed by atoms with Crippen LogP contribution in [0.15, 0.2) is 11.1 Å². The summed E-state index contributed by atoms with van der Waals surface area (Å²) in [5.74, 6) is -0.271. The molecular weight excluding hydrogens is 507 g/mol. The molecule has 0 aliphatic heterocycles. The first kappa shape index (κ1) is 26.7. The zero-order valence-corrected chi connectivity index (χ0v) is 18.2. The van der Waals surface area contributed by atoms with E-state index >= 15 is 0 Å². The largest absolute Gasteiger partial charge is 0.490 e. The van der Waals surface area contributed by atoms with Gasteiger partial charge < -0.3 is 40.3 Å². The van der Waals surface area contributed by atoms with E-state index in [4.69, 9.17) is 25.2 Å². The van der Waals surface area contributed by atoms with Crippen LogP contribution in [-0.2, 0) is 31.6 Å². The third-order valence-electron chi connectivity index (χ3n) is 3.31. The van der Waals surface area contributed by atoms with Crippen molar-refractivity contribution in [1.29, 1.82) is 0 Å². The van der Waals surface area contributed by atoms with Crippen LogP contribution in [0.25, 0.3) is 11.2 Å². The number of H-pyrrole nitrogens is 1. The number of phosphoric acid groups is 3. The molecule has 4 atom stereocenters. The molecule has 0 saturated carbocycles. The van der Waals surface area contributed by atoms with E-state index < -0.39 is 61.2 Å². The molecule has 182 valence electrons. The van der Waals surface area contributed by atoms with Crippen molar-refractivity contribution in [2.75, 3.05) is 25.6 Å². The lowest BCUT2D eigenvalue weighted by Crippen LogP contribution is -2.30. The summed E-state index contributed by atoms with van der Waals surface area (Å²) in [6, 6.07) is 0. The number of aromatic nitrogens is 4. The van der Waals surface area contributed by atoms with Crippen molar-refractivity contribution >= 4 is 40.6 Å². The lowest BCUT2D eigenvalue weighted by molar-refractivity contribution is -0.109. The zero-order valence-electron chi connectivity index (χ0n) is 15.6. The first-order valence-electron chi connectivity index (χ1n) is 8.04. The van der Waals surface area contributed by atoms with Crippen molar-refractivity contribution in [3.05, 3.63) is 16.7 Å². The Morgan fingerprint density at radius 2 is 1.75 bits per heavy atom. The van der Waals surface area contributed by atoms with E-state index in [0.717, 1.165) is 10.9 Å². The Morgan fingerprint density at radius 1 is 1.09 bits per heavy atom. The Labute approximate surface area is 176 Å². The highest BCUT2D eigenvalue weighted by Gasteiger charge is 2.41. The molecule has 2 heterocycles. The molecule has 0 aliphatic carbocycles. The summed E-state index contributed by atoms with van der Waals surface area (Å²) in [7, 11) is -16.7. The second kappa shape index (κ2) is 10.1. The summed E-state index contributed by atoms with van der Waals surface area (Å²) < 4.78 is 51.5. The van der Waals surface area contributed by atoms with Gasteiger partial charge in [0.2, 0.25) is 5.95 Å². The van der Waals surface area contributed by atoms with Crippen LogP contribution in [0.5, 0.6) is 0 Å². The molecule has 0 fully saturated rings. The van der Waals surface area contributed by atoms with Crippen LogP contribution < -0.4 is 11.3 Å². The lowest BCUT2D eigenvalue weighted by Gasteiger charge is -2.24. The van der Waals surface area contributed by atoms with Gasteiger partial charge in [0.25, 0.3) is 5.56 Å². The number of hydrogen-bond acceptors (Lipinski definition) is 13. The van der Waals surface area contributed by atoms with E-state index in [0.29, 0.717) is 0 Å². The summed E-state index contributed by atoms with van der Waals surface area (Å²) in [6.45, 7) is -2.64. The summed E-state index contributed by atoms with van der Waals surface area (Å²) in [4.78, 5) is 57.2. The van der Waals surface area contributed by atoms with Gasteiger partial charge in [0.15, 0.2) is 17.4 Å². The van der Waals surface area contributed by atoms with Crippen LogP contribution in [0.3, 0.4) is 0 Å². The molecule has 32 heavy (non-hydrogen) atoms. The van der Waals surface area contributed by atoms with Gasteiger partial charge in [-0.05, 0) is 0 Å². The van der Waals surface area contributed by atoms with Gasteiger partial charge in [0.1, 0.15) is 6.10 Å². The van der Waals surface area contributed by atoms with E-state index in [1.807, 2.05) is 0 Å². The molecule has 2 rings (SSSR count). The fourth-order valence-electron chi connectivity index (χ4n) is 2.19. The second-order valence-corrected chi connectivity index (χ2v) is 10.2. The van der Waals surface area contributed by atoms with Crippen LogP contribution >= 0.6 is 23.5 Å². The molecule has 2 unspecified atom stereocenters. The SMILES string of the molecule is Nc1nc2c(ncn2[C@@H](CO)O[C@@H](CO)COP(=O)(O)OP(=O)(O)OP(=O)(O)O)c(=O)[nH]1. The minimum atomic E-state index is -5.72. The van der Waals surface area contributed by atoms with Gasteiger partial charge in [-0.3, -0.25) is 18.9 Å². The Balaban J connectivity index is 2.11. The topological polar surface area (TPSA) is 299 Å². The Kier molecular flexibility index (Phi) is 8.46.